The largest absolute Gasteiger partial charge is 1.00 e. The zero-order chi connectivity index (χ0) is 8.43. The van der Waals surface area contributed by atoms with Crippen LogP contribution in [0.5, 0.6) is 0 Å². The number of rotatable bonds is 2. The van der Waals surface area contributed by atoms with Crippen LogP contribution in [0.25, 0.3) is 0 Å². The Morgan fingerprint density at radius 3 is 2.50 bits per heavy atom. The van der Waals surface area contributed by atoms with E-state index in [0.717, 1.165) is 0 Å². The minimum Gasteiger partial charge on any atom is -0.767 e. The van der Waals surface area contributed by atoms with Gasteiger partial charge in [0.25, 0.3) is 0 Å². The van der Waals surface area contributed by atoms with Gasteiger partial charge < -0.3 is 9.12 Å². The molecule has 0 saturated carbocycles. The van der Waals surface area contributed by atoms with E-state index in [1.807, 2.05) is 13.8 Å². The third-order valence-electron chi connectivity index (χ3n) is 1.34. The van der Waals surface area contributed by atoms with Crippen LogP contribution in [-0.2, 0) is 11.1 Å². The Morgan fingerprint density at radius 2 is 2.25 bits per heavy atom. The second-order valence-electron chi connectivity index (χ2n) is 2.49. The quantitative estimate of drug-likeness (QED) is 0.395. The number of aromatic nitrogens is 2. The fourth-order valence-corrected chi connectivity index (χ4v) is 1.03. The summed E-state index contributed by atoms with van der Waals surface area (Å²) in [5, 5.41) is 0.0960. The van der Waals surface area contributed by atoms with Gasteiger partial charge in [-0.15, -0.1) is 0 Å². The van der Waals surface area contributed by atoms with Gasteiger partial charge in [-0.1, -0.05) is 0 Å². The molecule has 1 aromatic rings. The average Bonchev–Trinajstić information content (AvgIpc) is 2.33. The van der Waals surface area contributed by atoms with Crippen molar-refractivity contribution in [2.75, 3.05) is 0 Å². The molecule has 0 radical (unpaired) electrons. The first-order chi connectivity index (χ1) is 5.11. The topological polar surface area (TPSA) is 58.0 Å². The molecule has 1 rings (SSSR count). The minimum absolute atomic E-state index is 0. The van der Waals surface area contributed by atoms with Crippen molar-refractivity contribution in [1.29, 1.82) is 0 Å². The molecule has 6 heteroatoms. The van der Waals surface area contributed by atoms with E-state index in [9.17, 15) is 8.76 Å². The van der Waals surface area contributed by atoms with Crippen molar-refractivity contribution in [3.05, 3.63) is 12.5 Å². The summed E-state index contributed by atoms with van der Waals surface area (Å²) >= 11 is -2.21. The minimum atomic E-state index is -2.21. The molecule has 0 amide bonds. The van der Waals surface area contributed by atoms with E-state index in [1.165, 1.54) is 12.5 Å². The van der Waals surface area contributed by atoms with Crippen LogP contribution in [0.2, 0.25) is 0 Å². The average molecular weight is 196 g/mol. The van der Waals surface area contributed by atoms with Crippen molar-refractivity contribution in [2.24, 2.45) is 0 Å². The molecule has 0 aliphatic rings. The Bertz CT molecular complexity index is 274. The molecule has 62 valence electrons. The van der Waals surface area contributed by atoms with E-state index < -0.39 is 11.1 Å². The van der Waals surface area contributed by atoms with Crippen molar-refractivity contribution < 1.29 is 38.3 Å². The molecule has 1 atom stereocenters. The number of imidazole rings is 1. The van der Waals surface area contributed by atoms with Crippen LogP contribution in [0.3, 0.4) is 0 Å². The Balaban J connectivity index is 0.00000121. The molecule has 1 heterocycles. The Morgan fingerprint density at radius 1 is 1.67 bits per heavy atom. The van der Waals surface area contributed by atoms with Gasteiger partial charge >= 0.3 is 29.6 Å². The molecule has 0 fully saturated rings. The molecule has 0 aliphatic heterocycles. The van der Waals surface area contributed by atoms with Crippen LogP contribution in [0.1, 0.15) is 19.9 Å². The fourth-order valence-electron chi connectivity index (χ4n) is 0.686. The second kappa shape index (κ2) is 5.14. The van der Waals surface area contributed by atoms with Crippen LogP contribution < -0.4 is 29.6 Å². The van der Waals surface area contributed by atoms with Crippen LogP contribution in [-0.4, -0.2) is 18.3 Å². The molecule has 0 aliphatic carbocycles. The molecule has 0 N–H and O–H groups in total. The van der Waals surface area contributed by atoms with E-state index in [0.29, 0.717) is 0 Å². The summed E-state index contributed by atoms with van der Waals surface area (Å²) in [6.45, 7) is 3.92. The number of hydrogen-bond acceptors (Lipinski definition) is 3. The van der Waals surface area contributed by atoms with Crippen LogP contribution in [0.15, 0.2) is 17.6 Å². The van der Waals surface area contributed by atoms with Crippen molar-refractivity contribution >= 4 is 11.1 Å². The van der Waals surface area contributed by atoms with E-state index in [-0.39, 0.29) is 40.6 Å². The van der Waals surface area contributed by atoms with Gasteiger partial charge in [-0.25, -0.2) is 4.98 Å². The zero-order valence-corrected chi connectivity index (χ0v) is 10.2. The Kier molecular flexibility index (Phi) is 5.27. The maximum absolute atomic E-state index is 10.4. The number of nitrogens with zero attached hydrogens (tertiary/aromatic N) is 2. The maximum atomic E-state index is 10.4. The second-order valence-corrected chi connectivity index (χ2v) is 3.38. The monoisotopic (exact) mass is 196 g/mol. The van der Waals surface area contributed by atoms with E-state index in [4.69, 9.17) is 0 Å². The summed E-state index contributed by atoms with van der Waals surface area (Å²) in [6.07, 6.45) is 3.02. The molecule has 0 aromatic carbocycles. The van der Waals surface area contributed by atoms with Gasteiger partial charge in [0.2, 0.25) is 0 Å². The molecule has 1 unspecified atom stereocenters. The molecule has 4 nitrogen and oxygen atoms in total. The van der Waals surface area contributed by atoms with E-state index >= 15 is 0 Å². The summed E-state index contributed by atoms with van der Waals surface area (Å²) in [4.78, 5) is 3.69. The zero-order valence-electron chi connectivity index (χ0n) is 7.35. The van der Waals surface area contributed by atoms with E-state index in [2.05, 4.69) is 4.98 Å². The van der Waals surface area contributed by atoms with Crippen molar-refractivity contribution in [3.63, 3.8) is 0 Å². The van der Waals surface area contributed by atoms with Gasteiger partial charge in [-0.3, -0.25) is 4.21 Å². The van der Waals surface area contributed by atoms with Crippen molar-refractivity contribution in [3.8, 4) is 0 Å². The van der Waals surface area contributed by atoms with Crippen LogP contribution in [0, 0.1) is 0 Å². The van der Waals surface area contributed by atoms with Crippen LogP contribution >= 0.6 is 0 Å². The van der Waals surface area contributed by atoms with E-state index in [1.54, 1.807) is 4.57 Å². The molecular weight excluding hydrogens is 187 g/mol. The molecule has 0 spiro atoms. The van der Waals surface area contributed by atoms with Gasteiger partial charge in [-0.05, 0) is 24.9 Å². The smallest absolute Gasteiger partial charge is 0.767 e. The first-order valence-corrected chi connectivity index (χ1v) is 4.31. The van der Waals surface area contributed by atoms with Crippen molar-refractivity contribution in [2.45, 2.75) is 24.9 Å². The van der Waals surface area contributed by atoms with Gasteiger partial charge in [0, 0.05) is 12.2 Å². The van der Waals surface area contributed by atoms with Gasteiger partial charge in [0.15, 0.2) is 0 Å². The van der Waals surface area contributed by atoms with Gasteiger partial charge in [-0.2, -0.15) is 0 Å². The standard InChI is InChI=1S/C6H10N2O2S.Na/c1-5(2)8-3-6(7-4-8)11(9)10;/h3-5H,1-2H3,(H,9,10);/q;+1/p-1. The predicted octanol–water partition coefficient (Wildman–Crippen LogP) is -2.29. The summed E-state index contributed by atoms with van der Waals surface area (Å²) in [5.74, 6) is 0. The maximum Gasteiger partial charge on any atom is 1.00 e. The summed E-state index contributed by atoms with van der Waals surface area (Å²) in [5.41, 5.74) is 0. The number of hydrogen-bond donors (Lipinski definition) is 0. The molecule has 0 bridgehead atoms. The first-order valence-electron chi connectivity index (χ1n) is 3.24. The molecular formula is C6H9N2NaO2S. The third kappa shape index (κ3) is 2.99. The normalized spacial score (nSPS) is 12.7. The van der Waals surface area contributed by atoms with Crippen LogP contribution in [0.4, 0.5) is 0 Å². The molecule has 12 heavy (non-hydrogen) atoms. The first kappa shape index (κ1) is 12.3. The molecule has 1 aromatic heterocycles. The third-order valence-corrected chi connectivity index (χ3v) is 1.90. The SMILES string of the molecule is CC(C)n1cnc(S(=O)[O-])c1.[Na+]. The van der Waals surface area contributed by atoms with Gasteiger partial charge in [0.05, 0.1) is 6.33 Å². The summed E-state index contributed by atoms with van der Waals surface area (Å²) in [6, 6.07) is 0.250. The molecule has 0 saturated heterocycles. The summed E-state index contributed by atoms with van der Waals surface area (Å²) in [7, 11) is 0. The van der Waals surface area contributed by atoms with Gasteiger partial charge in [0.1, 0.15) is 5.03 Å². The summed E-state index contributed by atoms with van der Waals surface area (Å²) < 4.78 is 22.5. The Labute approximate surface area is 96.0 Å². The Hall–Kier alpha value is 0.320. The van der Waals surface area contributed by atoms with Crippen molar-refractivity contribution in [1.82, 2.24) is 9.55 Å². The predicted molar refractivity (Wildman–Crippen MR) is 39.8 cm³/mol. The fraction of sp³-hybridized carbons (Fsp3) is 0.500.